The third-order valence-electron chi connectivity index (χ3n) is 15.6. The maximum atomic E-state index is 13.8. The van der Waals surface area contributed by atoms with Crippen molar-refractivity contribution in [1.82, 2.24) is 16.0 Å². The second kappa shape index (κ2) is 26.3. The molecule has 19 heteroatoms. The van der Waals surface area contributed by atoms with Crippen LogP contribution >= 0.6 is 7.55 Å². The molecule has 0 radical (unpaired) electrons. The minimum Gasteiger partial charge on any atom is -0.445 e. The first-order chi connectivity index (χ1) is 35.0. The molecule has 18 nitrogen and oxygen atoms in total. The first-order valence-electron chi connectivity index (χ1n) is 26.2. The maximum absolute atomic E-state index is 13.8. The number of nitrogens with one attached hydrogen (secondary N) is 3. The molecule has 2 aromatic carbocycles. The van der Waals surface area contributed by atoms with E-state index in [0.717, 1.165) is 11.1 Å². The Hall–Kier alpha value is -3.78. The lowest BCUT2D eigenvalue weighted by Gasteiger charge is -2.50. The van der Waals surface area contributed by atoms with Crippen molar-refractivity contribution >= 4 is 31.9 Å². The summed E-state index contributed by atoms with van der Waals surface area (Å²) in [7, 11) is -0.783. The van der Waals surface area contributed by atoms with E-state index in [0.29, 0.717) is 12.8 Å². The lowest BCUT2D eigenvalue weighted by atomic mass is 9.71. The Bertz CT molecular complexity index is 2090. The quantitative estimate of drug-likeness (QED) is 0.0979. The number of hydrogen-bond donors (Lipinski definition) is 5. The molecule has 1 saturated carbocycles. The summed E-state index contributed by atoms with van der Waals surface area (Å²) in [6.07, 6.45) is -4.46. The highest BCUT2D eigenvalue weighted by molar-refractivity contribution is 7.55. The van der Waals surface area contributed by atoms with Crippen LogP contribution in [0.3, 0.4) is 0 Å². The van der Waals surface area contributed by atoms with Crippen LogP contribution in [0.5, 0.6) is 0 Å². The standard InChI is InChI=1S/C54H80N3O15P/c1-11-36-46(69-50-33(8)43(29(3)4)32(7)40(67-50)24-55-52(61)63-26-34-19-15-13-16-20-34)39(12-2)66-51(36)71-48-44(60)37(56-42(59)25-58)23-38(57-53(62)64-27-35-21-17-14-18-22-35)47(48)70-49-31(6)30(5)45-41(68-49)28-65-54(72-45)73(9)10/h13-22,29-33,36-41,43-51,54,58,60H,9,11-12,23-28H2,1-8,10H3,(H2-,55,56,57,59,61,62)/p+1. The zero-order valence-corrected chi connectivity index (χ0v) is 44.8. The normalized spacial score (nSPS) is 37.7. The van der Waals surface area contributed by atoms with Gasteiger partial charge in [-0.25, -0.2) is 9.59 Å². The lowest BCUT2D eigenvalue weighted by molar-refractivity contribution is -0.345. The van der Waals surface area contributed by atoms with Crippen LogP contribution < -0.4 is 16.0 Å². The predicted molar refractivity (Wildman–Crippen MR) is 272 cm³/mol. The summed E-state index contributed by atoms with van der Waals surface area (Å²) in [5, 5.41) is 30.9. The van der Waals surface area contributed by atoms with Crippen LogP contribution in [0.1, 0.15) is 85.8 Å². The van der Waals surface area contributed by atoms with Gasteiger partial charge in [0.25, 0.3) is 0 Å². The highest BCUT2D eigenvalue weighted by Gasteiger charge is 2.56. The molecule has 2 aromatic rings. The number of hydrogen-bond acceptors (Lipinski definition) is 15. The van der Waals surface area contributed by atoms with Crippen LogP contribution in [0.2, 0.25) is 0 Å². The molecule has 406 valence electrons. The number of alkyl carbamates (subject to hydrolysis) is 2. The average molecular weight is 1040 g/mol. The molecular formula is C54H81N3O15P+. The number of aliphatic hydroxyl groups is 2. The number of amides is 3. The van der Waals surface area contributed by atoms with Crippen molar-refractivity contribution in [3.05, 3.63) is 71.8 Å². The van der Waals surface area contributed by atoms with E-state index in [-0.39, 0.29) is 80.5 Å². The number of carbonyl (C=O) groups excluding carboxylic acids is 3. The van der Waals surface area contributed by atoms with Crippen LogP contribution in [0, 0.1) is 41.4 Å². The van der Waals surface area contributed by atoms with Gasteiger partial charge in [0.05, 0.1) is 49.4 Å². The minimum atomic E-state index is -1.42. The summed E-state index contributed by atoms with van der Waals surface area (Å²) >= 11 is 0. The number of carbonyl (C=O) groups is 3. The van der Waals surface area contributed by atoms with Crippen LogP contribution in [0.4, 0.5) is 9.59 Å². The summed E-state index contributed by atoms with van der Waals surface area (Å²) < 4.78 is 65.0. The van der Waals surface area contributed by atoms with Crippen molar-refractivity contribution in [3.63, 3.8) is 0 Å². The van der Waals surface area contributed by atoms with Gasteiger partial charge in [0, 0.05) is 24.3 Å². The van der Waals surface area contributed by atoms with E-state index in [2.05, 4.69) is 56.9 Å². The Morgan fingerprint density at radius 1 is 0.726 bits per heavy atom. The second-order valence-corrected chi connectivity index (χ2v) is 22.9. The Morgan fingerprint density at radius 2 is 1.33 bits per heavy atom. The van der Waals surface area contributed by atoms with Gasteiger partial charge in [-0.1, -0.05) is 116 Å². The number of ether oxygens (including phenoxy) is 10. The van der Waals surface area contributed by atoms with Gasteiger partial charge >= 0.3 is 18.2 Å². The van der Waals surface area contributed by atoms with Crippen LogP contribution in [-0.4, -0.2) is 147 Å². The molecule has 4 aliphatic heterocycles. The maximum Gasteiger partial charge on any atom is 0.407 e. The van der Waals surface area contributed by atoms with Crippen LogP contribution in [0.25, 0.3) is 0 Å². The van der Waals surface area contributed by atoms with E-state index in [4.69, 9.17) is 47.4 Å². The summed E-state index contributed by atoms with van der Waals surface area (Å²) in [6.45, 7) is 18.6. The van der Waals surface area contributed by atoms with Gasteiger partial charge in [-0.05, 0) is 54.1 Å². The van der Waals surface area contributed by atoms with E-state index in [9.17, 15) is 24.6 Å². The number of fused-ring (bicyclic) bond motifs is 1. The minimum absolute atomic E-state index is 0.0116. The molecule has 7 rings (SSSR count). The zero-order valence-electron chi connectivity index (χ0n) is 43.9. The third-order valence-corrected chi connectivity index (χ3v) is 16.6. The van der Waals surface area contributed by atoms with E-state index in [1.807, 2.05) is 88.1 Å². The second-order valence-electron chi connectivity index (χ2n) is 21.0. The van der Waals surface area contributed by atoms with Crippen molar-refractivity contribution in [1.29, 1.82) is 0 Å². The molecule has 0 bridgehead atoms. The Kier molecular flexibility index (Phi) is 20.5. The fraction of sp³-hybridized carbons (Fsp3) is 0.704. The van der Waals surface area contributed by atoms with Gasteiger partial charge in [0.2, 0.25) is 5.91 Å². The molecule has 0 aromatic heterocycles. The summed E-state index contributed by atoms with van der Waals surface area (Å²) in [6, 6.07) is 16.4. The number of aliphatic hydroxyl groups excluding tert-OH is 2. The molecule has 5 aliphatic rings. The predicted octanol–water partition coefficient (Wildman–Crippen LogP) is 6.28. The van der Waals surface area contributed by atoms with Gasteiger partial charge in [-0.15, -0.1) is 0 Å². The topological polar surface area (TPSA) is 220 Å². The molecule has 4 saturated heterocycles. The SMILES string of the molecule is C=[P+](C)C1OCC2OC(OC3C(NC(=O)OCc4ccccc4)CC(NC(=O)CO)C(O)C3OC3OC(CC)C(OC4OC(CNC(=O)OCc5ccccc5)C(C)C(C(C)C)C4C)C3CC)C(C)C(C)C2O1. The summed E-state index contributed by atoms with van der Waals surface area (Å²) in [4.78, 5) is 39.6. The van der Waals surface area contributed by atoms with Gasteiger partial charge in [-0.2, -0.15) is 0 Å². The van der Waals surface area contributed by atoms with Crippen LogP contribution in [0.15, 0.2) is 60.7 Å². The molecule has 21 unspecified atom stereocenters. The Labute approximate surface area is 431 Å². The highest BCUT2D eigenvalue weighted by atomic mass is 31.1. The van der Waals surface area contributed by atoms with Crippen molar-refractivity contribution in [2.24, 2.45) is 41.4 Å². The molecule has 73 heavy (non-hydrogen) atoms. The Morgan fingerprint density at radius 3 is 1.93 bits per heavy atom. The van der Waals surface area contributed by atoms with Gasteiger partial charge in [-0.3, -0.25) is 4.79 Å². The monoisotopic (exact) mass is 1040 g/mol. The van der Waals surface area contributed by atoms with E-state index in [1.165, 1.54) is 0 Å². The van der Waals surface area contributed by atoms with Gasteiger partial charge < -0.3 is 73.5 Å². The molecule has 5 fully saturated rings. The highest BCUT2D eigenvalue weighted by Crippen LogP contribution is 2.45. The lowest BCUT2D eigenvalue weighted by Crippen LogP contribution is -2.68. The first-order valence-corrected chi connectivity index (χ1v) is 28.3. The van der Waals surface area contributed by atoms with Crippen molar-refractivity contribution in [3.8, 4) is 0 Å². The molecule has 3 amide bonds. The summed E-state index contributed by atoms with van der Waals surface area (Å²) in [5.74, 6) is -0.941. The molecule has 4 heterocycles. The van der Waals surface area contributed by atoms with E-state index >= 15 is 0 Å². The first kappa shape index (κ1) is 56.9. The van der Waals surface area contributed by atoms with E-state index < -0.39 is 112 Å². The smallest absolute Gasteiger partial charge is 0.407 e. The molecular weight excluding hydrogens is 962 g/mol. The van der Waals surface area contributed by atoms with Crippen molar-refractivity contribution in [2.75, 3.05) is 26.4 Å². The molecule has 0 spiro atoms. The fourth-order valence-electron chi connectivity index (χ4n) is 11.5. The van der Waals surface area contributed by atoms with Crippen molar-refractivity contribution in [2.45, 2.75) is 174 Å². The summed E-state index contributed by atoms with van der Waals surface area (Å²) in [5.41, 5.74) is 1.66. The zero-order chi connectivity index (χ0) is 52.5. The third kappa shape index (κ3) is 14.0. The fourth-order valence-corrected chi connectivity index (χ4v) is 12.2. The average Bonchev–Trinajstić information content (AvgIpc) is 3.72. The molecule has 21 atom stereocenters. The molecule has 5 N–H and O–H groups in total. The van der Waals surface area contributed by atoms with Crippen LogP contribution in [-0.2, 0) is 65.4 Å². The van der Waals surface area contributed by atoms with E-state index in [1.54, 1.807) is 0 Å². The van der Waals surface area contributed by atoms with Gasteiger partial charge in [0.15, 0.2) is 18.9 Å². The van der Waals surface area contributed by atoms with Crippen molar-refractivity contribution < 1.29 is 72.0 Å². The Balaban J connectivity index is 1.13. The number of benzene rings is 2. The number of rotatable bonds is 19. The molecule has 1 aliphatic carbocycles. The van der Waals surface area contributed by atoms with Gasteiger partial charge in [0.1, 0.15) is 58.4 Å². The largest absolute Gasteiger partial charge is 0.445 e.